The number of furan rings is 1. The van der Waals surface area contributed by atoms with Gasteiger partial charge in [-0.2, -0.15) is 0 Å². The summed E-state index contributed by atoms with van der Waals surface area (Å²) in [5.74, 6) is 1.80. The number of rotatable bonds is 10. The van der Waals surface area contributed by atoms with Crippen LogP contribution >= 0.6 is 0 Å². The molecular weight excluding hydrogens is 466 g/mol. The molecule has 37 heavy (non-hydrogen) atoms. The van der Waals surface area contributed by atoms with Gasteiger partial charge in [-0.15, -0.1) is 0 Å². The van der Waals surface area contributed by atoms with Gasteiger partial charge in [-0.05, 0) is 61.6 Å². The highest BCUT2D eigenvalue weighted by Crippen LogP contribution is 2.39. The van der Waals surface area contributed by atoms with Gasteiger partial charge in [0, 0.05) is 34.7 Å². The topological polar surface area (TPSA) is 69.9 Å². The lowest BCUT2D eigenvalue weighted by molar-refractivity contribution is -0.117. The third-order valence-corrected chi connectivity index (χ3v) is 6.46. The number of amides is 1. The maximum atomic E-state index is 12.8. The van der Waals surface area contributed by atoms with Crippen LogP contribution in [0, 0.1) is 0 Å². The van der Waals surface area contributed by atoms with Gasteiger partial charge in [0.1, 0.15) is 11.3 Å². The Morgan fingerprint density at radius 2 is 1.68 bits per heavy atom. The normalized spacial score (nSPS) is 12.3. The second-order valence-electron chi connectivity index (χ2n) is 9.03. The van der Waals surface area contributed by atoms with E-state index in [0.29, 0.717) is 22.8 Å². The molecule has 0 aliphatic rings. The van der Waals surface area contributed by atoms with E-state index in [1.165, 1.54) is 5.56 Å². The zero-order chi connectivity index (χ0) is 26.4. The highest BCUT2D eigenvalue weighted by atomic mass is 16.5. The first-order valence-corrected chi connectivity index (χ1v) is 12.3. The van der Waals surface area contributed by atoms with Crippen molar-refractivity contribution in [1.82, 2.24) is 5.32 Å². The number of allylic oxidation sites excluding steroid dienone is 1. The van der Waals surface area contributed by atoms with E-state index in [1.54, 1.807) is 33.7 Å². The van der Waals surface area contributed by atoms with E-state index in [0.717, 1.165) is 40.5 Å². The first kappa shape index (κ1) is 25.9. The summed E-state index contributed by atoms with van der Waals surface area (Å²) in [5.41, 5.74) is 5.41. The van der Waals surface area contributed by atoms with Gasteiger partial charge in [0.05, 0.1) is 27.6 Å². The van der Waals surface area contributed by atoms with E-state index >= 15 is 0 Å². The standard InChI is InChI=1S/C31H33NO5/c1-20(15-31(33)32-21(2)11-12-22-9-7-6-8-10-22)24-17-25-26(19-37-29(25)18-28(24)35-4)23-13-14-27(34-3)30(16-23)36-5/h6-10,13-19,21H,11-12H2,1-5H3,(H,32,33)/b20-15+. The maximum Gasteiger partial charge on any atom is 0.244 e. The minimum Gasteiger partial charge on any atom is -0.496 e. The van der Waals surface area contributed by atoms with E-state index < -0.39 is 0 Å². The molecule has 0 saturated heterocycles. The van der Waals surface area contributed by atoms with Crippen molar-refractivity contribution in [2.75, 3.05) is 21.3 Å². The first-order valence-electron chi connectivity index (χ1n) is 12.3. The molecule has 4 rings (SSSR count). The molecule has 1 aromatic heterocycles. The molecule has 1 unspecified atom stereocenters. The summed E-state index contributed by atoms with van der Waals surface area (Å²) >= 11 is 0. The van der Waals surface area contributed by atoms with E-state index in [1.807, 2.05) is 62.4 Å². The van der Waals surface area contributed by atoms with Crippen LogP contribution in [0.3, 0.4) is 0 Å². The number of hydrogen-bond donors (Lipinski definition) is 1. The fourth-order valence-corrected chi connectivity index (χ4v) is 4.42. The molecule has 3 aromatic carbocycles. The molecule has 0 aliphatic carbocycles. The Balaban J connectivity index is 1.57. The van der Waals surface area contributed by atoms with Gasteiger partial charge in [0.25, 0.3) is 0 Å². The second-order valence-corrected chi connectivity index (χ2v) is 9.03. The fraction of sp³-hybridized carbons (Fsp3) is 0.258. The van der Waals surface area contributed by atoms with Crippen molar-refractivity contribution in [3.63, 3.8) is 0 Å². The second kappa shape index (κ2) is 11.7. The lowest BCUT2D eigenvalue weighted by Crippen LogP contribution is -2.31. The molecule has 1 atom stereocenters. The SMILES string of the molecule is COc1ccc(-c2coc3cc(OC)c(/C(C)=C/C(=O)NC(C)CCc4ccccc4)cc23)cc1OC. The van der Waals surface area contributed by atoms with E-state index in [4.69, 9.17) is 18.6 Å². The quantitative estimate of drug-likeness (QED) is 0.247. The molecule has 0 radical (unpaired) electrons. The molecule has 0 saturated carbocycles. The summed E-state index contributed by atoms with van der Waals surface area (Å²) in [5, 5.41) is 3.99. The van der Waals surface area contributed by atoms with Crippen LogP contribution in [0.1, 0.15) is 31.4 Å². The number of aryl methyl sites for hydroxylation is 1. The minimum atomic E-state index is -0.132. The van der Waals surface area contributed by atoms with Gasteiger partial charge in [0.15, 0.2) is 11.5 Å². The van der Waals surface area contributed by atoms with Gasteiger partial charge in [-0.1, -0.05) is 36.4 Å². The summed E-state index contributed by atoms with van der Waals surface area (Å²) in [7, 11) is 4.83. The Kier molecular flexibility index (Phi) is 8.18. The van der Waals surface area contributed by atoms with E-state index in [2.05, 4.69) is 17.4 Å². The highest BCUT2D eigenvalue weighted by Gasteiger charge is 2.17. The third-order valence-electron chi connectivity index (χ3n) is 6.46. The van der Waals surface area contributed by atoms with Crippen LogP contribution in [0.5, 0.6) is 17.2 Å². The highest BCUT2D eigenvalue weighted by molar-refractivity contribution is 6.00. The van der Waals surface area contributed by atoms with Gasteiger partial charge in [-0.25, -0.2) is 0 Å². The van der Waals surface area contributed by atoms with Crippen molar-refractivity contribution in [3.05, 3.63) is 84.1 Å². The first-order chi connectivity index (χ1) is 17.9. The Bertz CT molecular complexity index is 1400. The van der Waals surface area contributed by atoms with Gasteiger partial charge >= 0.3 is 0 Å². The molecule has 4 aromatic rings. The average molecular weight is 500 g/mol. The predicted octanol–water partition coefficient (Wildman–Crippen LogP) is 6.67. The molecule has 1 amide bonds. The van der Waals surface area contributed by atoms with Crippen molar-refractivity contribution in [1.29, 1.82) is 0 Å². The molecule has 6 heteroatoms. The molecule has 1 heterocycles. The largest absolute Gasteiger partial charge is 0.496 e. The lowest BCUT2D eigenvalue weighted by Gasteiger charge is -2.14. The van der Waals surface area contributed by atoms with Crippen LogP contribution in [0.25, 0.3) is 27.7 Å². The molecule has 1 N–H and O–H groups in total. The van der Waals surface area contributed by atoms with E-state index in [9.17, 15) is 4.79 Å². The summed E-state index contributed by atoms with van der Waals surface area (Å²) in [6.45, 7) is 3.94. The summed E-state index contributed by atoms with van der Waals surface area (Å²) in [4.78, 5) is 12.8. The minimum absolute atomic E-state index is 0.0478. The van der Waals surface area contributed by atoms with Crippen molar-refractivity contribution < 1.29 is 23.4 Å². The molecule has 6 nitrogen and oxygen atoms in total. The predicted molar refractivity (Wildman–Crippen MR) is 147 cm³/mol. The fourth-order valence-electron chi connectivity index (χ4n) is 4.42. The zero-order valence-electron chi connectivity index (χ0n) is 22.0. The van der Waals surface area contributed by atoms with Crippen LogP contribution < -0.4 is 19.5 Å². The van der Waals surface area contributed by atoms with Crippen molar-refractivity contribution in [2.45, 2.75) is 32.7 Å². The van der Waals surface area contributed by atoms with Gasteiger partial charge < -0.3 is 23.9 Å². The Hall–Kier alpha value is -4.19. The van der Waals surface area contributed by atoms with Crippen LogP contribution in [-0.4, -0.2) is 33.3 Å². The Morgan fingerprint density at radius 3 is 2.38 bits per heavy atom. The van der Waals surface area contributed by atoms with Gasteiger partial charge in [-0.3, -0.25) is 4.79 Å². The van der Waals surface area contributed by atoms with Crippen molar-refractivity contribution >= 4 is 22.4 Å². The smallest absolute Gasteiger partial charge is 0.244 e. The number of nitrogens with one attached hydrogen (secondary N) is 1. The zero-order valence-corrected chi connectivity index (χ0v) is 22.0. The number of carbonyl (C=O) groups excluding carboxylic acids is 1. The van der Waals surface area contributed by atoms with Gasteiger partial charge in [0.2, 0.25) is 5.91 Å². The van der Waals surface area contributed by atoms with Crippen LogP contribution in [0.2, 0.25) is 0 Å². The maximum absolute atomic E-state index is 12.8. The summed E-state index contributed by atoms with van der Waals surface area (Å²) in [6.07, 6.45) is 5.12. The van der Waals surface area contributed by atoms with Crippen LogP contribution in [0.15, 0.2) is 77.4 Å². The molecule has 0 spiro atoms. The Labute approximate surface area is 217 Å². The number of benzene rings is 3. The molecule has 0 bridgehead atoms. The third kappa shape index (κ3) is 5.97. The lowest BCUT2D eigenvalue weighted by atomic mass is 9.99. The molecule has 0 aliphatic heterocycles. The average Bonchev–Trinajstić information content (AvgIpc) is 3.34. The number of methoxy groups -OCH3 is 3. The number of fused-ring (bicyclic) bond motifs is 1. The number of ether oxygens (including phenoxy) is 3. The van der Waals surface area contributed by atoms with Crippen LogP contribution in [-0.2, 0) is 11.2 Å². The van der Waals surface area contributed by atoms with Crippen molar-refractivity contribution in [3.8, 4) is 28.4 Å². The monoisotopic (exact) mass is 499 g/mol. The number of hydrogen-bond acceptors (Lipinski definition) is 5. The van der Waals surface area contributed by atoms with Crippen molar-refractivity contribution in [2.24, 2.45) is 0 Å². The number of carbonyl (C=O) groups is 1. The molecular formula is C31H33NO5. The van der Waals surface area contributed by atoms with E-state index in [-0.39, 0.29) is 11.9 Å². The van der Waals surface area contributed by atoms with Crippen LogP contribution in [0.4, 0.5) is 0 Å². The summed E-state index contributed by atoms with van der Waals surface area (Å²) < 4.78 is 22.3. The molecule has 0 fully saturated rings. The summed E-state index contributed by atoms with van der Waals surface area (Å²) in [6, 6.07) is 19.9. The Morgan fingerprint density at radius 1 is 0.946 bits per heavy atom. The molecule has 192 valence electrons.